The molecule has 0 saturated carbocycles. The molecule has 1 heteroatoms. The number of rotatable bonds is 6. The van der Waals surface area contributed by atoms with E-state index in [-0.39, 0.29) is 0 Å². The number of allylic oxidation sites excluding steroid dienone is 3. The zero-order valence-corrected chi connectivity index (χ0v) is 12.4. The van der Waals surface area contributed by atoms with Crippen molar-refractivity contribution in [3.63, 3.8) is 0 Å². The Bertz CT molecular complexity index is 374. The van der Waals surface area contributed by atoms with E-state index in [0.29, 0.717) is 0 Å². The normalized spacial score (nSPS) is 12.5. The van der Waals surface area contributed by atoms with E-state index < -0.39 is 8.07 Å². The van der Waals surface area contributed by atoms with Crippen LogP contribution in [-0.2, 0) is 0 Å². The van der Waals surface area contributed by atoms with Gasteiger partial charge in [-0.25, -0.2) is 0 Å². The van der Waals surface area contributed by atoms with Crippen LogP contribution in [0.15, 0.2) is 54.6 Å². The molecular weight excluding hydrogens is 220 g/mol. The van der Waals surface area contributed by atoms with Crippen LogP contribution in [0.5, 0.6) is 0 Å². The molecule has 0 nitrogen and oxygen atoms in total. The molecular formula is C16H24Si. The minimum atomic E-state index is -1.28. The highest BCUT2D eigenvalue weighted by Gasteiger charge is 2.21. The standard InChI is InChI=1S/C16H24Si/c1-5-6-10-15(2)13-14-17(3,4)16-11-8-7-9-12-16/h5,7-9,11-13H,1,6,10,14H2,2-4H3/b15-13-. The van der Waals surface area contributed by atoms with E-state index >= 15 is 0 Å². The molecule has 0 saturated heterocycles. The van der Waals surface area contributed by atoms with Crippen molar-refractivity contribution in [3.05, 3.63) is 54.6 Å². The lowest BCUT2D eigenvalue weighted by Crippen LogP contribution is -2.40. The van der Waals surface area contributed by atoms with Gasteiger partial charge in [0.2, 0.25) is 0 Å². The molecule has 0 radical (unpaired) electrons. The van der Waals surface area contributed by atoms with Gasteiger partial charge in [-0.3, -0.25) is 0 Å². The van der Waals surface area contributed by atoms with Crippen LogP contribution in [0.4, 0.5) is 0 Å². The van der Waals surface area contributed by atoms with Gasteiger partial charge in [-0.2, -0.15) is 0 Å². The first-order chi connectivity index (χ1) is 8.06. The van der Waals surface area contributed by atoms with E-state index in [2.05, 4.69) is 63.0 Å². The van der Waals surface area contributed by atoms with E-state index in [1.54, 1.807) is 5.19 Å². The van der Waals surface area contributed by atoms with Crippen LogP contribution < -0.4 is 5.19 Å². The van der Waals surface area contributed by atoms with E-state index in [9.17, 15) is 0 Å². The lowest BCUT2D eigenvalue weighted by Gasteiger charge is -2.21. The van der Waals surface area contributed by atoms with Gasteiger partial charge in [0.1, 0.15) is 0 Å². The molecule has 1 aromatic carbocycles. The largest absolute Gasteiger partial charge is 0.103 e. The van der Waals surface area contributed by atoms with Crippen LogP contribution in [0.3, 0.4) is 0 Å². The van der Waals surface area contributed by atoms with Crippen LogP contribution in [0.1, 0.15) is 19.8 Å². The lowest BCUT2D eigenvalue weighted by molar-refractivity contribution is 0.975. The van der Waals surface area contributed by atoms with Crippen molar-refractivity contribution in [3.8, 4) is 0 Å². The van der Waals surface area contributed by atoms with Gasteiger partial charge in [0, 0.05) is 0 Å². The molecule has 0 heterocycles. The highest BCUT2D eigenvalue weighted by Crippen LogP contribution is 2.14. The summed E-state index contributed by atoms with van der Waals surface area (Å²) in [5.74, 6) is 0. The number of hydrogen-bond donors (Lipinski definition) is 0. The Hall–Kier alpha value is -1.08. The van der Waals surface area contributed by atoms with Gasteiger partial charge in [-0.05, 0) is 25.8 Å². The molecule has 0 bridgehead atoms. The molecule has 0 fully saturated rings. The second-order valence-electron chi connectivity index (χ2n) is 5.33. The van der Waals surface area contributed by atoms with Gasteiger partial charge in [0.25, 0.3) is 0 Å². The fourth-order valence-electron chi connectivity index (χ4n) is 1.87. The first-order valence-corrected chi connectivity index (χ1v) is 9.59. The van der Waals surface area contributed by atoms with Crippen molar-refractivity contribution in [2.45, 2.75) is 38.9 Å². The molecule has 1 rings (SSSR count). The molecule has 0 spiro atoms. The smallest absolute Gasteiger partial charge is 0.0843 e. The maximum atomic E-state index is 3.77. The number of benzene rings is 1. The number of hydrogen-bond acceptors (Lipinski definition) is 0. The monoisotopic (exact) mass is 244 g/mol. The summed E-state index contributed by atoms with van der Waals surface area (Å²) in [5, 5.41) is 1.55. The van der Waals surface area contributed by atoms with Gasteiger partial charge >= 0.3 is 0 Å². The summed E-state index contributed by atoms with van der Waals surface area (Å²) in [6, 6.07) is 12.2. The van der Waals surface area contributed by atoms with Gasteiger partial charge in [0.05, 0.1) is 8.07 Å². The molecule has 17 heavy (non-hydrogen) atoms. The first kappa shape index (κ1) is 14.0. The summed E-state index contributed by atoms with van der Waals surface area (Å²) >= 11 is 0. The molecule has 0 amide bonds. The maximum absolute atomic E-state index is 3.77. The fraction of sp³-hybridized carbons (Fsp3) is 0.375. The SMILES string of the molecule is C=CCC/C(C)=C\C[Si](C)(C)c1ccccc1. The van der Waals surface area contributed by atoms with Gasteiger partial charge in [-0.1, -0.05) is 66.3 Å². The Balaban J connectivity index is 2.64. The van der Waals surface area contributed by atoms with Crippen LogP contribution in [-0.4, -0.2) is 8.07 Å². The third-order valence-electron chi connectivity index (χ3n) is 3.26. The predicted molar refractivity (Wildman–Crippen MR) is 81.6 cm³/mol. The molecule has 0 unspecified atom stereocenters. The summed E-state index contributed by atoms with van der Waals surface area (Å²) in [5.41, 5.74) is 1.50. The Morgan fingerprint density at radius 1 is 1.24 bits per heavy atom. The van der Waals surface area contributed by atoms with Gasteiger partial charge < -0.3 is 0 Å². The Kier molecular flexibility index (Phi) is 5.43. The molecule has 0 aliphatic heterocycles. The Morgan fingerprint density at radius 2 is 1.88 bits per heavy atom. The maximum Gasteiger partial charge on any atom is 0.0843 e. The zero-order chi connectivity index (χ0) is 12.7. The van der Waals surface area contributed by atoms with Crippen molar-refractivity contribution < 1.29 is 0 Å². The summed E-state index contributed by atoms with van der Waals surface area (Å²) in [6.07, 6.45) is 6.68. The minimum absolute atomic E-state index is 1.09. The van der Waals surface area contributed by atoms with E-state index in [1.807, 2.05) is 6.08 Å². The fourth-order valence-corrected chi connectivity index (χ4v) is 4.06. The molecule has 1 aromatic rings. The highest BCUT2D eigenvalue weighted by molar-refractivity contribution is 6.90. The van der Waals surface area contributed by atoms with Crippen LogP contribution >= 0.6 is 0 Å². The van der Waals surface area contributed by atoms with Crippen molar-refractivity contribution >= 4 is 13.3 Å². The average Bonchev–Trinajstić information content (AvgIpc) is 2.35. The highest BCUT2D eigenvalue weighted by atomic mass is 28.3. The molecule has 0 aromatic heterocycles. The third-order valence-corrected chi connectivity index (χ3v) is 6.38. The molecule has 0 atom stereocenters. The van der Waals surface area contributed by atoms with Crippen molar-refractivity contribution in [1.29, 1.82) is 0 Å². The van der Waals surface area contributed by atoms with Crippen molar-refractivity contribution in [1.82, 2.24) is 0 Å². The lowest BCUT2D eigenvalue weighted by atomic mass is 10.1. The van der Waals surface area contributed by atoms with E-state index in [0.717, 1.165) is 12.8 Å². The third kappa shape index (κ3) is 4.74. The van der Waals surface area contributed by atoms with Gasteiger partial charge in [-0.15, -0.1) is 6.58 Å². The molecule has 0 N–H and O–H groups in total. The Labute approximate surface area is 107 Å². The first-order valence-electron chi connectivity index (χ1n) is 6.38. The summed E-state index contributed by atoms with van der Waals surface area (Å²) in [4.78, 5) is 0. The summed E-state index contributed by atoms with van der Waals surface area (Å²) in [6.45, 7) is 10.9. The Morgan fingerprint density at radius 3 is 2.47 bits per heavy atom. The van der Waals surface area contributed by atoms with Crippen LogP contribution in [0, 0.1) is 0 Å². The van der Waals surface area contributed by atoms with Crippen LogP contribution in [0.2, 0.25) is 19.1 Å². The van der Waals surface area contributed by atoms with E-state index in [4.69, 9.17) is 0 Å². The molecule has 92 valence electrons. The van der Waals surface area contributed by atoms with Crippen LogP contribution in [0.25, 0.3) is 0 Å². The molecule has 0 aliphatic rings. The quantitative estimate of drug-likeness (QED) is 0.510. The van der Waals surface area contributed by atoms with Gasteiger partial charge in [0.15, 0.2) is 0 Å². The minimum Gasteiger partial charge on any atom is -0.103 e. The second kappa shape index (κ2) is 6.60. The second-order valence-corrected chi connectivity index (χ2v) is 10.1. The summed E-state index contributed by atoms with van der Waals surface area (Å²) < 4.78 is 0. The summed E-state index contributed by atoms with van der Waals surface area (Å²) in [7, 11) is -1.28. The average molecular weight is 244 g/mol. The van der Waals surface area contributed by atoms with Crippen molar-refractivity contribution in [2.75, 3.05) is 0 Å². The van der Waals surface area contributed by atoms with E-state index in [1.165, 1.54) is 11.6 Å². The molecule has 0 aliphatic carbocycles. The predicted octanol–water partition coefficient (Wildman–Crippen LogP) is 4.51. The van der Waals surface area contributed by atoms with Crippen molar-refractivity contribution in [2.24, 2.45) is 0 Å². The topological polar surface area (TPSA) is 0 Å². The zero-order valence-electron chi connectivity index (χ0n) is 11.4.